The first kappa shape index (κ1) is 13.9. The van der Waals surface area contributed by atoms with Gasteiger partial charge in [-0.25, -0.2) is 0 Å². The average molecular weight is 310 g/mol. The van der Waals surface area contributed by atoms with Crippen LogP contribution in [-0.4, -0.2) is 5.97 Å². The molecule has 0 heterocycles. The molecule has 0 aliphatic rings. The van der Waals surface area contributed by atoms with E-state index in [0.717, 1.165) is 18.6 Å². The Labute approximate surface area is 100 Å². The molecule has 0 unspecified atom stereocenters. The molecule has 82 valence electrons. The zero-order chi connectivity index (χ0) is 10.8. The highest BCUT2D eigenvalue weighted by Gasteiger charge is 2.03. The number of unbranched alkanes of at least 4 members (excludes halogenated alkanes) is 3. The summed E-state index contributed by atoms with van der Waals surface area (Å²) in [5.41, 5.74) is 0. The van der Waals surface area contributed by atoms with Crippen molar-refractivity contribution in [3.8, 4) is 0 Å². The van der Waals surface area contributed by atoms with Gasteiger partial charge in [0, 0.05) is 16.9 Å². The standard InChI is InChI=1S/C11H19IO2/c1-3-5-6-7-8-10(9-12)14-11(13)4-2/h9H,3-8H2,1-2H3/b10-9-. The minimum Gasteiger partial charge on any atom is -0.431 e. The molecule has 0 bridgehead atoms. The Morgan fingerprint density at radius 1 is 1.29 bits per heavy atom. The molecule has 2 nitrogen and oxygen atoms in total. The Morgan fingerprint density at radius 2 is 2.00 bits per heavy atom. The summed E-state index contributed by atoms with van der Waals surface area (Å²) >= 11 is 2.12. The van der Waals surface area contributed by atoms with Crippen LogP contribution in [0.1, 0.15) is 52.4 Å². The smallest absolute Gasteiger partial charge is 0.310 e. The third kappa shape index (κ3) is 7.35. The Kier molecular flexibility index (Phi) is 9.45. The first-order valence-corrected chi connectivity index (χ1v) is 6.49. The Hall–Kier alpha value is -0.0600. The van der Waals surface area contributed by atoms with Crippen molar-refractivity contribution in [2.45, 2.75) is 52.4 Å². The molecule has 0 amide bonds. The third-order valence-corrected chi connectivity index (χ3v) is 2.63. The van der Waals surface area contributed by atoms with E-state index >= 15 is 0 Å². The maximum atomic E-state index is 11.0. The van der Waals surface area contributed by atoms with Gasteiger partial charge in [0.1, 0.15) is 5.76 Å². The van der Waals surface area contributed by atoms with E-state index in [9.17, 15) is 4.79 Å². The van der Waals surface area contributed by atoms with Crippen LogP contribution in [0.2, 0.25) is 0 Å². The normalized spacial score (nSPS) is 11.5. The molecule has 14 heavy (non-hydrogen) atoms. The van der Waals surface area contributed by atoms with E-state index in [1.807, 2.05) is 11.0 Å². The number of rotatable bonds is 7. The molecule has 0 aromatic heterocycles. The van der Waals surface area contributed by atoms with Crippen LogP contribution in [0.5, 0.6) is 0 Å². The first-order chi connectivity index (χ1) is 6.74. The zero-order valence-corrected chi connectivity index (χ0v) is 11.2. The number of carbonyl (C=O) groups is 1. The molecule has 0 rings (SSSR count). The fourth-order valence-corrected chi connectivity index (χ4v) is 1.51. The van der Waals surface area contributed by atoms with Crippen LogP contribution in [-0.2, 0) is 9.53 Å². The van der Waals surface area contributed by atoms with Crippen molar-refractivity contribution in [3.63, 3.8) is 0 Å². The van der Waals surface area contributed by atoms with Gasteiger partial charge in [0.05, 0.1) is 0 Å². The van der Waals surface area contributed by atoms with E-state index in [4.69, 9.17) is 4.74 Å². The number of esters is 1. The van der Waals surface area contributed by atoms with E-state index < -0.39 is 0 Å². The molecule has 0 atom stereocenters. The van der Waals surface area contributed by atoms with Crippen LogP contribution in [0.25, 0.3) is 0 Å². The highest BCUT2D eigenvalue weighted by molar-refractivity contribution is 14.1. The van der Waals surface area contributed by atoms with Crippen LogP contribution >= 0.6 is 22.6 Å². The number of hydrogen-bond donors (Lipinski definition) is 0. The largest absolute Gasteiger partial charge is 0.431 e. The number of halogens is 1. The van der Waals surface area contributed by atoms with Gasteiger partial charge >= 0.3 is 5.97 Å². The van der Waals surface area contributed by atoms with Crippen molar-refractivity contribution >= 4 is 28.6 Å². The van der Waals surface area contributed by atoms with Gasteiger partial charge < -0.3 is 4.74 Å². The van der Waals surface area contributed by atoms with E-state index in [1.165, 1.54) is 19.3 Å². The lowest BCUT2D eigenvalue weighted by Gasteiger charge is -2.06. The second-order valence-corrected chi connectivity index (χ2v) is 3.84. The van der Waals surface area contributed by atoms with Gasteiger partial charge in [-0.3, -0.25) is 4.79 Å². The summed E-state index contributed by atoms with van der Waals surface area (Å²) in [4.78, 5) is 11.0. The van der Waals surface area contributed by atoms with E-state index in [1.54, 1.807) is 0 Å². The van der Waals surface area contributed by atoms with Gasteiger partial charge in [0.15, 0.2) is 0 Å². The number of ether oxygens (including phenoxy) is 1. The lowest BCUT2D eigenvalue weighted by Crippen LogP contribution is -2.02. The molecule has 0 aliphatic heterocycles. The maximum absolute atomic E-state index is 11.0. The number of hydrogen-bond acceptors (Lipinski definition) is 2. The molecule has 0 fully saturated rings. The van der Waals surface area contributed by atoms with Crippen molar-refractivity contribution in [1.82, 2.24) is 0 Å². The molecule has 0 radical (unpaired) electrons. The quantitative estimate of drug-likeness (QED) is 0.305. The SMILES string of the molecule is CCCCCC/C(=C/I)OC(=O)CC. The lowest BCUT2D eigenvalue weighted by molar-refractivity contribution is -0.139. The van der Waals surface area contributed by atoms with Crippen LogP contribution in [0.3, 0.4) is 0 Å². The fraction of sp³-hybridized carbons (Fsp3) is 0.727. The zero-order valence-electron chi connectivity index (χ0n) is 9.01. The van der Waals surface area contributed by atoms with E-state index in [-0.39, 0.29) is 5.97 Å². The van der Waals surface area contributed by atoms with Crippen molar-refractivity contribution in [3.05, 3.63) is 9.84 Å². The summed E-state index contributed by atoms with van der Waals surface area (Å²) in [6.07, 6.45) is 6.15. The first-order valence-electron chi connectivity index (χ1n) is 5.24. The van der Waals surface area contributed by atoms with Crippen LogP contribution in [0.4, 0.5) is 0 Å². The Balaban J connectivity index is 3.65. The van der Waals surface area contributed by atoms with Gasteiger partial charge in [-0.05, 0) is 29.0 Å². The summed E-state index contributed by atoms with van der Waals surface area (Å²) in [7, 11) is 0. The van der Waals surface area contributed by atoms with Gasteiger partial charge in [-0.1, -0.05) is 33.1 Å². The third-order valence-electron chi connectivity index (χ3n) is 1.93. The molecule has 0 aliphatic carbocycles. The van der Waals surface area contributed by atoms with Gasteiger partial charge in [0.25, 0.3) is 0 Å². The monoisotopic (exact) mass is 310 g/mol. The summed E-state index contributed by atoms with van der Waals surface area (Å²) in [5.74, 6) is 0.678. The summed E-state index contributed by atoms with van der Waals surface area (Å²) in [6.45, 7) is 4.00. The van der Waals surface area contributed by atoms with Crippen molar-refractivity contribution < 1.29 is 9.53 Å². The van der Waals surface area contributed by atoms with Crippen molar-refractivity contribution in [1.29, 1.82) is 0 Å². The van der Waals surface area contributed by atoms with Gasteiger partial charge in [-0.2, -0.15) is 0 Å². The number of allylic oxidation sites excluding steroid dienone is 1. The molecule has 0 spiro atoms. The molecular formula is C11H19IO2. The van der Waals surface area contributed by atoms with Gasteiger partial charge in [-0.15, -0.1) is 0 Å². The Morgan fingerprint density at radius 3 is 2.50 bits per heavy atom. The Bertz CT molecular complexity index is 188. The van der Waals surface area contributed by atoms with E-state index in [2.05, 4.69) is 29.5 Å². The predicted octanol–water partition coefficient (Wildman–Crippen LogP) is 4.19. The van der Waals surface area contributed by atoms with E-state index in [0.29, 0.717) is 6.42 Å². The molecule has 0 aromatic carbocycles. The van der Waals surface area contributed by atoms with Gasteiger partial charge in [0.2, 0.25) is 0 Å². The highest BCUT2D eigenvalue weighted by atomic mass is 127. The molecule has 0 saturated heterocycles. The maximum Gasteiger partial charge on any atom is 0.310 e. The minimum atomic E-state index is -0.136. The van der Waals surface area contributed by atoms with Crippen LogP contribution in [0, 0.1) is 0 Å². The summed E-state index contributed by atoms with van der Waals surface area (Å²) in [5, 5.41) is 0. The molecular weight excluding hydrogens is 291 g/mol. The van der Waals surface area contributed by atoms with Crippen LogP contribution < -0.4 is 0 Å². The fourth-order valence-electron chi connectivity index (χ4n) is 1.07. The molecule has 0 N–H and O–H groups in total. The average Bonchev–Trinajstić information content (AvgIpc) is 2.22. The second kappa shape index (κ2) is 9.49. The second-order valence-electron chi connectivity index (χ2n) is 3.21. The van der Waals surface area contributed by atoms with Crippen molar-refractivity contribution in [2.75, 3.05) is 0 Å². The predicted molar refractivity (Wildman–Crippen MR) is 67.2 cm³/mol. The molecule has 0 aromatic rings. The minimum absolute atomic E-state index is 0.136. The van der Waals surface area contributed by atoms with Crippen LogP contribution in [0.15, 0.2) is 9.84 Å². The summed E-state index contributed by atoms with van der Waals surface area (Å²) < 4.78 is 7.00. The number of carbonyl (C=O) groups excluding carboxylic acids is 1. The molecule has 0 saturated carbocycles. The lowest BCUT2D eigenvalue weighted by atomic mass is 10.1. The molecule has 3 heteroatoms. The summed E-state index contributed by atoms with van der Waals surface area (Å²) in [6, 6.07) is 0. The van der Waals surface area contributed by atoms with Crippen molar-refractivity contribution in [2.24, 2.45) is 0 Å². The topological polar surface area (TPSA) is 26.3 Å². The highest BCUT2D eigenvalue weighted by Crippen LogP contribution is 2.14.